The van der Waals surface area contributed by atoms with Gasteiger partial charge in [0.25, 0.3) is 0 Å². The van der Waals surface area contributed by atoms with Gasteiger partial charge in [-0.05, 0) is 35.9 Å². The molecule has 2 aromatic carbocycles. The minimum Gasteiger partial charge on any atom is -0.455 e. The zero-order valence-electron chi connectivity index (χ0n) is 9.05. The first-order valence-electron chi connectivity index (χ1n) is 4.98. The van der Waals surface area contributed by atoms with E-state index in [0.717, 1.165) is 0 Å². The van der Waals surface area contributed by atoms with Gasteiger partial charge in [-0.3, -0.25) is 0 Å². The maximum Gasteiger partial charge on any atom is 0.146 e. The van der Waals surface area contributed by atoms with Crippen LogP contribution in [0.2, 0.25) is 10.0 Å². The van der Waals surface area contributed by atoms with Crippen molar-refractivity contribution in [3.8, 4) is 11.5 Å². The summed E-state index contributed by atoms with van der Waals surface area (Å²) in [6, 6.07) is 11.8. The fraction of sp³-hybridized carbons (Fsp3) is 0. The van der Waals surface area contributed by atoms with Gasteiger partial charge in [0.15, 0.2) is 0 Å². The summed E-state index contributed by atoms with van der Waals surface area (Å²) in [5.74, 6) is 0.876. The SMILES string of the molecule is [N-]=[N+]=Nc1cc(Cl)ccc1Oc1ccccc1Cl. The Morgan fingerprint density at radius 1 is 1.06 bits per heavy atom. The van der Waals surface area contributed by atoms with E-state index < -0.39 is 0 Å². The fourth-order valence-corrected chi connectivity index (χ4v) is 1.69. The lowest BCUT2D eigenvalue weighted by atomic mass is 10.3. The molecule has 0 saturated heterocycles. The van der Waals surface area contributed by atoms with Gasteiger partial charge in [-0.15, -0.1) is 0 Å². The molecule has 0 fully saturated rings. The quantitative estimate of drug-likeness (QED) is 0.402. The van der Waals surface area contributed by atoms with Gasteiger partial charge in [0.05, 0.1) is 10.7 Å². The second-order valence-corrected chi connectivity index (χ2v) is 4.18. The van der Waals surface area contributed by atoms with Crippen LogP contribution in [-0.2, 0) is 0 Å². The number of benzene rings is 2. The molecule has 0 aliphatic carbocycles. The molecule has 0 unspecified atom stereocenters. The van der Waals surface area contributed by atoms with Crippen LogP contribution < -0.4 is 4.74 Å². The van der Waals surface area contributed by atoms with Gasteiger partial charge < -0.3 is 4.74 Å². The summed E-state index contributed by atoms with van der Waals surface area (Å²) in [5, 5.41) is 4.45. The van der Waals surface area contributed by atoms with Crippen molar-refractivity contribution in [2.45, 2.75) is 0 Å². The maximum absolute atomic E-state index is 8.49. The summed E-state index contributed by atoms with van der Waals surface area (Å²) in [6.07, 6.45) is 0. The minimum absolute atomic E-state index is 0.310. The number of azide groups is 1. The number of nitrogens with zero attached hydrogens (tertiary/aromatic N) is 3. The van der Waals surface area contributed by atoms with Crippen molar-refractivity contribution < 1.29 is 4.74 Å². The van der Waals surface area contributed by atoms with Crippen LogP contribution in [0.25, 0.3) is 10.4 Å². The highest BCUT2D eigenvalue weighted by Gasteiger charge is 2.06. The van der Waals surface area contributed by atoms with Crippen molar-refractivity contribution >= 4 is 28.9 Å². The van der Waals surface area contributed by atoms with Crippen molar-refractivity contribution in [3.05, 3.63) is 63.0 Å². The standard InChI is InChI=1S/C12H7Cl2N3O/c13-8-5-6-12(10(7-8)16-17-15)18-11-4-2-1-3-9(11)14/h1-7H. The zero-order chi connectivity index (χ0) is 13.0. The Kier molecular flexibility index (Phi) is 3.95. The van der Waals surface area contributed by atoms with Crippen LogP contribution in [0.4, 0.5) is 5.69 Å². The third-order valence-corrected chi connectivity index (χ3v) is 2.68. The Morgan fingerprint density at radius 2 is 1.83 bits per heavy atom. The molecule has 0 radical (unpaired) electrons. The van der Waals surface area contributed by atoms with E-state index in [0.29, 0.717) is 27.2 Å². The van der Waals surface area contributed by atoms with Crippen molar-refractivity contribution in [2.24, 2.45) is 5.11 Å². The normalized spacial score (nSPS) is 9.67. The summed E-state index contributed by atoms with van der Waals surface area (Å²) >= 11 is 11.8. The molecule has 0 aliphatic rings. The number of ether oxygens (including phenoxy) is 1. The van der Waals surface area contributed by atoms with E-state index in [2.05, 4.69) is 10.0 Å². The average Bonchev–Trinajstić information content (AvgIpc) is 2.35. The van der Waals surface area contributed by atoms with Gasteiger partial charge in [0, 0.05) is 9.93 Å². The van der Waals surface area contributed by atoms with Gasteiger partial charge in [-0.25, -0.2) is 0 Å². The molecule has 0 N–H and O–H groups in total. The van der Waals surface area contributed by atoms with Gasteiger partial charge in [-0.2, -0.15) is 0 Å². The van der Waals surface area contributed by atoms with Gasteiger partial charge in [0.1, 0.15) is 11.5 Å². The number of hydrogen-bond acceptors (Lipinski definition) is 2. The molecule has 18 heavy (non-hydrogen) atoms. The average molecular weight is 280 g/mol. The molecule has 4 nitrogen and oxygen atoms in total. The topological polar surface area (TPSA) is 58.0 Å². The zero-order valence-corrected chi connectivity index (χ0v) is 10.6. The summed E-state index contributed by atoms with van der Waals surface area (Å²) in [5.41, 5.74) is 8.80. The largest absolute Gasteiger partial charge is 0.455 e. The van der Waals surface area contributed by atoms with Crippen LogP contribution in [0.1, 0.15) is 0 Å². The van der Waals surface area contributed by atoms with Crippen molar-refractivity contribution in [1.29, 1.82) is 0 Å². The molecule has 0 amide bonds. The molecule has 0 heterocycles. The predicted octanol–water partition coefficient (Wildman–Crippen LogP) is 5.73. The number of halogens is 2. The smallest absolute Gasteiger partial charge is 0.146 e. The van der Waals surface area contributed by atoms with Crippen molar-refractivity contribution in [2.75, 3.05) is 0 Å². The number of para-hydroxylation sites is 1. The molecule has 2 rings (SSSR count). The third-order valence-electron chi connectivity index (χ3n) is 2.13. The molecule has 2 aromatic rings. The molecule has 0 aromatic heterocycles. The Bertz CT molecular complexity index is 624. The highest BCUT2D eigenvalue weighted by atomic mass is 35.5. The lowest BCUT2D eigenvalue weighted by Crippen LogP contribution is -1.85. The van der Waals surface area contributed by atoms with E-state index in [4.69, 9.17) is 33.5 Å². The molecule has 0 atom stereocenters. The van der Waals surface area contributed by atoms with Gasteiger partial charge >= 0.3 is 0 Å². The first kappa shape index (κ1) is 12.6. The van der Waals surface area contributed by atoms with Gasteiger partial charge in [-0.1, -0.05) is 40.4 Å². The summed E-state index contributed by atoms with van der Waals surface area (Å²) in [4.78, 5) is 2.73. The first-order chi connectivity index (χ1) is 8.70. The Balaban J connectivity index is 2.40. The second kappa shape index (κ2) is 5.65. The van der Waals surface area contributed by atoms with E-state index >= 15 is 0 Å². The number of hydrogen-bond donors (Lipinski definition) is 0. The molecule has 90 valence electrons. The highest BCUT2D eigenvalue weighted by Crippen LogP contribution is 2.36. The molecule has 0 spiro atoms. The molecule has 0 bridgehead atoms. The lowest BCUT2D eigenvalue weighted by molar-refractivity contribution is 0.484. The Hall–Kier alpha value is -1.87. The minimum atomic E-state index is 0.310. The molecular formula is C12H7Cl2N3O. The second-order valence-electron chi connectivity index (χ2n) is 3.33. The third kappa shape index (κ3) is 2.87. The van der Waals surface area contributed by atoms with Crippen molar-refractivity contribution in [1.82, 2.24) is 0 Å². The van der Waals surface area contributed by atoms with E-state index in [1.807, 2.05) is 0 Å². The van der Waals surface area contributed by atoms with Gasteiger partial charge in [0.2, 0.25) is 0 Å². The van der Waals surface area contributed by atoms with Crippen LogP contribution in [-0.4, -0.2) is 0 Å². The molecule has 6 heteroatoms. The van der Waals surface area contributed by atoms with E-state index in [-0.39, 0.29) is 0 Å². The summed E-state index contributed by atoms with van der Waals surface area (Å²) < 4.78 is 5.59. The van der Waals surface area contributed by atoms with Crippen LogP contribution in [0.15, 0.2) is 47.6 Å². The summed E-state index contributed by atoms with van der Waals surface area (Å²) in [6.45, 7) is 0. The monoisotopic (exact) mass is 279 g/mol. The molecule has 0 aliphatic heterocycles. The highest BCUT2D eigenvalue weighted by molar-refractivity contribution is 6.32. The van der Waals surface area contributed by atoms with E-state index in [1.165, 1.54) is 6.07 Å². The Morgan fingerprint density at radius 3 is 2.56 bits per heavy atom. The van der Waals surface area contributed by atoms with Crippen LogP contribution in [0.5, 0.6) is 11.5 Å². The Labute approximate surface area is 113 Å². The van der Waals surface area contributed by atoms with Crippen LogP contribution in [0, 0.1) is 0 Å². The van der Waals surface area contributed by atoms with E-state index in [9.17, 15) is 0 Å². The lowest BCUT2D eigenvalue weighted by Gasteiger charge is -2.09. The van der Waals surface area contributed by atoms with E-state index in [1.54, 1.807) is 36.4 Å². The molecular weight excluding hydrogens is 273 g/mol. The molecule has 0 saturated carbocycles. The number of rotatable bonds is 3. The predicted molar refractivity (Wildman–Crippen MR) is 71.8 cm³/mol. The fourth-order valence-electron chi connectivity index (χ4n) is 1.35. The summed E-state index contributed by atoms with van der Waals surface area (Å²) in [7, 11) is 0. The first-order valence-corrected chi connectivity index (χ1v) is 5.73. The van der Waals surface area contributed by atoms with Crippen molar-refractivity contribution in [3.63, 3.8) is 0 Å². The maximum atomic E-state index is 8.49. The van der Waals surface area contributed by atoms with Crippen LogP contribution >= 0.6 is 23.2 Å². The van der Waals surface area contributed by atoms with Crippen LogP contribution in [0.3, 0.4) is 0 Å².